The number of hydrogen-bond donors (Lipinski definition) is 2. The number of fused-ring (bicyclic) bond motifs is 2. The molecule has 126 valence electrons. The zero-order valence-electron chi connectivity index (χ0n) is 13.9. The van der Waals surface area contributed by atoms with Crippen molar-refractivity contribution in [2.24, 2.45) is 0 Å². The zero-order valence-corrected chi connectivity index (χ0v) is 13.9. The molecular formula is C20H20N4O. The third kappa shape index (κ3) is 2.70. The van der Waals surface area contributed by atoms with Crippen LogP contribution in [0.2, 0.25) is 0 Å². The second-order valence-electron chi connectivity index (χ2n) is 6.70. The number of nitrogens with zero attached hydrogens (tertiary/aromatic N) is 2. The molecule has 1 aliphatic heterocycles. The van der Waals surface area contributed by atoms with Crippen LogP contribution in [0.4, 0.5) is 0 Å². The first-order valence-corrected chi connectivity index (χ1v) is 8.87. The first-order valence-electron chi connectivity index (χ1n) is 8.87. The van der Waals surface area contributed by atoms with Gasteiger partial charge < -0.3 is 14.7 Å². The summed E-state index contributed by atoms with van der Waals surface area (Å²) in [6.45, 7) is 0.835. The van der Waals surface area contributed by atoms with Gasteiger partial charge in [-0.15, -0.1) is 0 Å². The highest BCUT2D eigenvalue weighted by molar-refractivity contribution is 5.75. The molecule has 2 aromatic heterocycles. The molecule has 2 N–H and O–H groups in total. The van der Waals surface area contributed by atoms with E-state index in [-0.39, 0.29) is 12.0 Å². The number of H-pyrrole nitrogens is 2. The molecule has 5 nitrogen and oxygen atoms in total. The lowest BCUT2D eigenvalue weighted by atomic mass is 9.95. The summed E-state index contributed by atoms with van der Waals surface area (Å²) in [7, 11) is 0. The summed E-state index contributed by atoms with van der Waals surface area (Å²) in [6.07, 6.45) is 3.16. The molecule has 5 heteroatoms. The van der Waals surface area contributed by atoms with Crippen LogP contribution >= 0.6 is 0 Å². The second-order valence-corrected chi connectivity index (χ2v) is 6.70. The summed E-state index contributed by atoms with van der Waals surface area (Å²) < 4.78 is 6.01. The van der Waals surface area contributed by atoms with Gasteiger partial charge in [0.05, 0.1) is 34.1 Å². The molecule has 0 spiro atoms. The SMILES string of the molecule is c1ccc2[nH]c(C[C@H](c3nc4ccccc4[nH]3)[C@@H]3CCCO3)nc2c1. The predicted octanol–water partition coefficient (Wildman–Crippen LogP) is 3.94. The lowest BCUT2D eigenvalue weighted by Crippen LogP contribution is -2.21. The Morgan fingerprint density at radius 1 is 0.960 bits per heavy atom. The first-order chi connectivity index (χ1) is 12.4. The molecule has 5 rings (SSSR count). The van der Waals surface area contributed by atoms with Crippen molar-refractivity contribution in [3.63, 3.8) is 0 Å². The van der Waals surface area contributed by atoms with Crippen molar-refractivity contribution in [1.82, 2.24) is 19.9 Å². The molecule has 0 bridgehead atoms. The number of rotatable bonds is 4. The molecule has 1 fully saturated rings. The molecule has 0 aliphatic carbocycles. The third-order valence-electron chi connectivity index (χ3n) is 5.02. The average molecular weight is 332 g/mol. The van der Waals surface area contributed by atoms with E-state index >= 15 is 0 Å². The van der Waals surface area contributed by atoms with Gasteiger partial charge in [-0.2, -0.15) is 0 Å². The summed E-state index contributed by atoms with van der Waals surface area (Å²) in [5.41, 5.74) is 4.16. The molecular weight excluding hydrogens is 312 g/mol. The smallest absolute Gasteiger partial charge is 0.113 e. The van der Waals surface area contributed by atoms with E-state index in [2.05, 4.69) is 22.1 Å². The molecule has 4 aromatic rings. The Morgan fingerprint density at radius 2 is 1.68 bits per heavy atom. The van der Waals surface area contributed by atoms with Crippen LogP contribution in [-0.2, 0) is 11.2 Å². The summed E-state index contributed by atoms with van der Waals surface area (Å²) >= 11 is 0. The quantitative estimate of drug-likeness (QED) is 0.595. The molecule has 1 aliphatic rings. The number of hydrogen-bond acceptors (Lipinski definition) is 3. The van der Waals surface area contributed by atoms with Crippen LogP contribution in [0.25, 0.3) is 22.1 Å². The van der Waals surface area contributed by atoms with Crippen molar-refractivity contribution in [2.75, 3.05) is 6.61 Å². The van der Waals surface area contributed by atoms with Gasteiger partial charge in [0, 0.05) is 13.0 Å². The number of ether oxygens (including phenoxy) is 1. The number of aromatic nitrogens is 4. The minimum atomic E-state index is 0.176. The maximum absolute atomic E-state index is 6.01. The Hall–Kier alpha value is -2.66. The van der Waals surface area contributed by atoms with Gasteiger partial charge in [-0.3, -0.25) is 0 Å². The topological polar surface area (TPSA) is 66.6 Å². The van der Waals surface area contributed by atoms with Crippen LogP contribution in [-0.4, -0.2) is 32.6 Å². The van der Waals surface area contributed by atoms with Crippen molar-refractivity contribution in [1.29, 1.82) is 0 Å². The van der Waals surface area contributed by atoms with Gasteiger partial charge in [0.2, 0.25) is 0 Å². The molecule has 0 amide bonds. The van der Waals surface area contributed by atoms with Gasteiger partial charge in [-0.05, 0) is 37.1 Å². The second kappa shape index (κ2) is 6.01. The molecule has 25 heavy (non-hydrogen) atoms. The summed E-state index contributed by atoms with van der Waals surface area (Å²) in [4.78, 5) is 16.5. The molecule has 2 atom stereocenters. The van der Waals surface area contributed by atoms with E-state index in [0.717, 1.165) is 59.6 Å². The van der Waals surface area contributed by atoms with Crippen LogP contribution in [0.15, 0.2) is 48.5 Å². The van der Waals surface area contributed by atoms with Crippen LogP contribution in [0.5, 0.6) is 0 Å². The fourth-order valence-corrected chi connectivity index (χ4v) is 3.78. The fourth-order valence-electron chi connectivity index (χ4n) is 3.78. The Bertz CT molecular complexity index is 947. The van der Waals surface area contributed by atoms with E-state index < -0.39 is 0 Å². The largest absolute Gasteiger partial charge is 0.377 e. The Labute approximate surface area is 145 Å². The van der Waals surface area contributed by atoms with Crippen LogP contribution in [0, 0.1) is 0 Å². The van der Waals surface area contributed by atoms with Crippen molar-refractivity contribution >= 4 is 22.1 Å². The highest BCUT2D eigenvalue weighted by atomic mass is 16.5. The number of benzene rings is 2. The monoisotopic (exact) mass is 332 g/mol. The number of para-hydroxylation sites is 4. The van der Waals surface area contributed by atoms with E-state index in [1.54, 1.807) is 0 Å². The minimum absolute atomic E-state index is 0.176. The van der Waals surface area contributed by atoms with E-state index in [4.69, 9.17) is 14.7 Å². The number of nitrogens with one attached hydrogen (secondary N) is 2. The third-order valence-corrected chi connectivity index (χ3v) is 5.02. The van der Waals surface area contributed by atoms with E-state index in [1.807, 2.05) is 36.4 Å². The molecule has 3 heterocycles. The lowest BCUT2D eigenvalue weighted by molar-refractivity contribution is 0.0858. The van der Waals surface area contributed by atoms with E-state index in [9.17, 15) is 0 Å². The summed E-state index contributed by atoms with van der Waals surface area (Å²) in [5, 5.41) is 0. The molecule has 2 aromatic carbocycles. The molecule has 1 saturated heterocycles. The summed E-state index contributed by atoms with van der Waals surface area (Å²) in [6, 6.07) is 16.3. The van der Waals surface area contributed by atoms with Crippen LogP contribution in [0.1, 0.15) is 30.4 Å². The molecule has 0 unspecified atom stereocenters. The average Bonchev–Trinajstić information content (AvgIpc) is 3.37. The van der Waals surface area contributed by atoms with Crippen LogP contribution < -0.4 is 0 Å². The normalized spacial score (nSPS) is 19.0. The Balaban J connectivity index is 1.53. The van der Waals surface area contributed by atoms with Gasteiger partial charge in [0.1, 0.15) is 11.6 Å². The number of imidazole rings is 2. The van der Waals surface area contributed by atoms with Gasteiger partial charge >= 0.3 is 0 Å². The maximum Gasteiger partial charge on any atom is 0.113 e. The lowest BCUT2D eigenvalue weighted by Gasteiger charge is -2.20. The fraction of sp³-hybridized carbons (Fsp3) is 0.300. The predicted molar refractivity (Wildman–Crippen MR) is 97.6 cm³/mol. The van der Waals surface area contributed by atoms with E-state index in [1.165, 1.54) is 0 Å². The van der Waals surface area contributed by atoms with Crippen molar-refractivity contribution in [3.05, 3.63) is 60.2 Å². The van der Waals surface area contributed by atoms with E-state index in [0.29, 0.717) is 0 Å². The standard InChI is InChI=1S/C20H20N4O/c1-2-7-15-14(6-1)21-19(22-15)12-13(18-10-5-11-25-18)20-23-16-8-3-4-9-17(16)24-20/h1-4,6-9,13,18H,5,10-12H2,(H,21,22)(H,23,24)/t13-,18-/m0/s1. The molecule has 0 radical (unpaired) electrons. The maximum atomic E-state index is 6.01. The van der Waals surface area contributed by atoms with Crippen molar-refractivity contribution in [3.8, 4) is 0 Å². The number of aromatic amines is 2. The van der Waals surface area contributed by atoms with Gasteiger partial charge in [0.15, 0.2) is 0 Å². The van der Waals surface area contributed by atoms with Gasteiger partial charge in [0.25, 0.3) is 0 Å². The molecule has 0 saturated carbocycles. The van der Waals surface area contributed by atoms with Gasteiger partial charge in [-0.25, -0.2) is 9.97 Å². The Morgan fingerprint density at radius 3 is 2.36 bits per heavy atom. The summed E-state index contributed by atoms with van der Waals surface area (Å²) in [5.74, 6) is 2.16. The highest BCUT2D eigenvalue weighted by Crippen LogP contribution is 2.31. The van der Waals surface area contributed by atoms with Gasteiger partial charge in [-0.1, -0.05) is 24.3 Å². The van der Waals surface area contributed by atoms with Crippen LogP contribution in [0.3, 0.4) is 0 Å². The van der Waals surface area contributed by atoms with Crippen molar-refractivity contribution < 1.29 is 4.74 Å². The highest BCUT2D eigenvalue weighted by Gasteiger charge is 2.30. The van der Waals surface area contributed by atoms with Crippen molar-refractivity contribution in [2.45, 2.75) is 31.3 Å². The zero-order chi connectivity index (χ0) is 16.6. The first kappa shape index (κ1) is 14.7. The minimum Gasteiger partial charge on any atom is -0.377 e. The Kier molecular flexibility index (Phi) is 3.52.